The van der Waals surface area contributed by atoms with E-state index in [1.165, 1.54) is 16.3 Å². The molecule has 0 spiro atoms. The molecule has 0 aliphatic rings. The number of hydrazone groups is 1. The molecule has 1 amide bonds. The molecule has 3 aromatic carbocycles. The van der Waals surface area contributed by atoms with Gasteiger partial charge in [0.2, 0.25) is 0 Å². The van der Waals surface area contributed by atoms with Gasteiger partial charge in [-0.3, -0.25) is 14.2 Å². The highest BCUT2D eigenvalue weighted by Crippen LogP contribution is 2.22. The molecule has 0 atom stereocenters. The number of hydrogen-bond donors (Lipinski definition) is 1. The van der Waals surface area contributed by atoms with E-state index in [4.69, 9.17) is 0 Å². The van der Waals surface area contributed by atoms with Crippen LogP contribution in [0.3, 0.4) is 0 Å². The van der Waals surface area contributed by atoms with Crippen LogP contribution in [0.4, 0.5) is 0 Å². The maximum Gasteiger partial charge on any atom is 0.266 e. The fourth-order valence-electron chi connectivity index (χ4n) is 4.02. The minimum Gasteiger partial charge on any atom is -0.272 e. The van der Waals surface area contributed by atoms with Crippen LogP contribution >= 0.6 is 27.7 Å². The van der Waals surface area contributed by atoms with Crippen molar-refractivity contribution in [2.24, 2.45) is 5.10 Å². The number of para-hydroxylation sites is 2. The Bertz CT molecular complexity index is 1710. The molecule has 1 N–H and O–H groups in total. The van der Waals surface area contributed by atoms with Gasteiger partial charge in [0.15, 0.2) is 5.16 Å². The lowest BCUT2D eigenvalue weighted by Gasteiger charge is -2.13. The molecule has 0 saturated carbocycles. The van der Waals surface area contributed by atoms with Crippen molar-refractivity contribution < 1.29 is 4.79 Å². The summed E-state index contributed by atoms with van der Waals surface area (Å²) < 4.78 is 4.27. The fraction of sp³-hybridized carbons (Fsp3) is 0.107. The van der Waals surface area contributed by atoms with Crippen molar-refractivity contribution in [1.29, 1.82) is 0 Å². The van der Waals surface area contributed by atoms with Crippen LogP contribution in [0, 0.1) is 13.8 Å². The van der Waals surface area contributed by atoms with Gasteiger partial charge in [-0.05, 0) is 62.4 Å². The van der Waals surface area contributed by atoms with Gasteiger partial charge in [0.25, 0.3) is 11.5 Å². The standard InChI is InChI=1S/C28H23BrN6O2S/c1-18-24(19(2)35(33-18)22-8-4-3-5-9-22)16-30-32-26(36)17-38-28-31-25-11-7-6-10-23(25)27(37)34(28)21-14-12-20(29)13-15-21/h3-16H,17H2,1-2H3,(H,32,36)/b30-16-. The summed E-state index contributed by atoms with van der Waals surface area (Å²) in [5, 5.41) is 9.68. The zero-order chi connectivity index (χ0) is 26.6. The van der Waals surface area contributed by atoms with E-state index in [2.05, 4.69) is 36.5 Å². The third kappa shape index (κ3) is 5.32. The summed E-state index contributed by atoms with van der Waals surface area (Å²) in [6, 6.07) is 24.4. The maximum absolute atomic E-state index is 13.3. The monoisotopic (exact) mass is 586 g/mol. The van der Waals surface area contributed by atoms with E-state index in [-0.39, 0.29) is 17.2 Å². The molecular formula is C28H23BrN6O2S. The predicted octanol–water partition coefficient (Wildman–Crippen LogP) is 5.19. The molecule has 0 fully saturated rings. The number of thioether (sulfide) groups is 1. The second-order valence-electron chi connectivity index (χ2n) is 8.44. The van der Waals surface area contributed by atoms with Gasteiger partial charge in [0, 0.05) is 10.0 Å². The van der Waals surface area contributed by atoms with E-state index in [0.717, 1.165) is 27.1 Å². The summed E-state index contributed by atoms with van der Waals surface area (Å²) in [7, 11) is 0. The van der Waals surface area contributed by atoms with Crippen molar-refractivity contribution in [3.05, 3.63) is 111 Å². The average Bonchev–Trinajstić information content (AvgIpc) is 3.22. The van der Waals surface area contributed by atoms with Gasteiger partial charge in [-0.15, -0.1) is 0 Å². The van der Waals surface area contributed by atoms with Gasteiger partial charge in [0.1, 0.15) is 0 Å². The summed E-state index contributed by atoms with van der Waals surface area (Å²) in [6.45, 7) is 3.86. The molecule has 0 saturated heterocycles. The third-order valence-corrected chi connectivity index (χ3v) is 7.36. The zero-order valence-corrected chi connectivity index (χ0v) is 23.0. The largest absolute Gasteiger partial charge is 0.272 e. The highest BCUT2D eigenvalue weighted by Gasteiger charge is 2.15. The van der Waals surface area contributed by atoms with Crippen LogP contribution in [0.15, 0.2) is 98.4 Å². The molecule has 8 nitrogen and oxygen atoms in total. The highest BCUT2D eigenvalue weighted by molar-refractivity contribution is 9.10. The van der Waals surface area contributed by atoms with Crippen LogP contribution in [0.5, 0.6) is 0 Å². The van der Waals surface area contributed by atoms with E-state index < -0.39 is 0 Å². The van der Waals surface area contributed by atoms with Crippen LogP contribution in [0.25, 0.3) is 22.3 Å². The minimum atomic E-state index is -0.318. The zero-order valence-electron chi connectivity index (χ0n) is 20.6. The van der Waals surface area contributed by atoms with E-state index >= 15 is 0 Å². The molecule has 0 aliphatic carbocycles. The van der Waals surface area contributed by atoms with Gasteiger partial charge >= 0.3 is 0 Å². The van der Waals surface area contributed by atoms with Crippen LogP contribution in [-0.4, -0.2) is 37.2 Å². The summed E-state index contributed by atoms with van der Waals surface area (Å²) in [5.74, 6) is -0.290. The topological polar surface area (TPSA) is 94.2 Å². The Kier molecular flexibility index (Phi) is 7.52. The van der Waals surface area contributed by atoms with Crippen molar-refractivity contribution in [2.75, 3.05) is 5.75 Å². The summed E-state index contributed by atoms with van der Waals surface area (Å²) >= 11 is 4.60. The van der Waals surface area contributed by atoms with Gasteiger partial charge in [-0.2, -0.15) is 10.2 Å². The summed E-state index contributed by atoms with van der Waals surface area (Å²) in [5.41, 5.74) is 7.13. The molecule has 0 aliphatic heterocycles. The number of halogens is 1. The van der Waals surface area contributed by atoms with Crippen molar-refractivity contribution in [3.8, 4) is 11.4 Å². The number of aryl methyl sites for hydroxylation is 1. The average molecular weight is 588 g/mol. The lowest BCUT2D eigenvalue weighted by molar-refractivity contribution is -0.118. The van der Waals surface area contributed by atoms with E-state index in [9.17, 15) is 9.59 Å². The number of nitrogens with zero attached hydrogens (tertiary/aromatic N) is 5. The van der Waals surface area contributed by atoms with Crippen LogP contribution in [0.1, 0.15) is 17.0 Å². The summed E-state index contributed by atoms with van der Waals surface area (Å²) in [6.07, 6.45) is 1.60. The number of aromatic nitrogens is 4. The SMILES string of the molecule is Cc1nn(-c2ccccc2)c(C)c1/C=N\NC(=O)CSc1nc2ccccc2c(=O)n1-c1ccc(Br)cc1. The van der Waals surface area contributed by atoms with Gasteiger partial charge in [-0.25, -0.2) is 15.1 Å². The molecule has 2 aromatic heterocycles. The quantitative estimate of drug-likeness (QED) is 0.122. The normalized spacial score (nSPS) is 11.3. The van der Waals surface area contributed by atoms with Crippen molar-refractivity contribution >= 4 is 50.7 Å². The number of hydrogen-bond acceptors (Lipinski definition) is 6. The molecule has 5 rings (SSSR count). The number of carbonyl (C=O) groups is 1. The van der Waals surface area contributed by atoms with Gasteiger partial charge in [-0.1, -0.05) is 58.0 Å². The first kappa shape index (κ1) is 25.6. The molecule has 190 valence electrons. The highest BCUT2D eigenvalue weighted by atomic mass is 79.9. The van der Waals surface area contributed by atoms with Crippen molar-refractivity contribution in [3.63, 3.8) is 0 Å². The Hall–Kier alpha value is -4.02. The van der Waals surface area contributed by atoms with E-state index in [1.54, 1.807) is 18.3 Å². The predicted molar refractivity (Wildman–Crippen MR) is 155 cm³/mol. The molecule has 5 aromatic rings. The van der Waals surface area contributed by atoms with Crippen LogP contribution in [-0.2, 0) is 4.79 Å². The maximum atomic E-state index is 13.3. The number of nitrogens with one attached hydrogen (secondary N) is 1. The Morgan fingerprint density at radius 3 is 2.47 bits per heavy atom. The van der Waals surface area contributed by atoms with Crippen LogP contribution in [0.2, 0.25) is 0 Å². The van der Waals surface area contributed by atoms with Crippen LogP contribution < -0.4 is 11.0 Å². The molecular weight excluding hydrogens is 564 g/mol. The first-order valence-electron chi connectivity index (χ1n) is 11.8. The summed E-state index contributed by atoms with van der Waals surface area (Å²) in [4.78, 5) is 30.7. The number of fused-ring (bicyclic) bond motifs is 1. The Morgan fingerprint density at radius 2 is 1.71 bits per heavy atom. The number of carbonyl (C=O) groups excluding carboxylic acids is 1. The number of rotatable bonds is 7. The van der Waals surface area contributed by atoms with Gasteiger partial charge < -0.3 is 0 Å². The first-order valence-corrected chi connectivity index (χ1v) is 13.5. The smallest absolute Gasteiger partial charge is 0.266 e. The van der Waals surface area contributed by atoms with E-state index in [1.807, 2.05) is 85.3 Å². The Labute approximate surface area is 231 Å². The molecule has 0 bridgehead atoms. The Balaban J connectivity index is 1.34. The van der Waals surface area contributed by atoms with Crippen molar-refractivity contribution in [2.45, 2.75) is 19.0 Å². The lowest BCUT2D eigenvalue weighted by atomic mass is 10.2. The first-order chi connectivity index (χ1) is 18.4. The lowest BCUT2D eigenvalue weighted by Crippen LogP contribution is -2.24. The Morgan fingerprint density at radius 1 is 1.00 bits per heavy atom. The molecule has 38 heavy (non-hydrogen) atoms. The molecule has 2 heterocycles. The third-order valence-electron chi connectivity index (χ3n) is 5.89. The minimum absolute atomic E-state index is 0.0277. The van der Waals surface area contributed by atoms with Gasteiger partial charge in [0.05, 0.1) is 45.6 Å². The number of benzene rings is 3. The van der Waals surface area contributed by atoms with Crippen molar-refractivity contribution in [1.82, 2.24) is 24.8 Å². The molecule has 10 heteroatoms. The van der Waals surface area contributed by atoms with E-state index in [0.29, 0.717) is 21.7 Å². The second-order valence-corrected chi connectivity index (χ2v) is 10.3. The molecule has 0 radical (unpaired) electrons. The second kappa shape index (κ2) is 11.2. The number of amides is 1. The fourth-order valence-corrected chi connectivity index (χ4v) is 5.09. The molecule has 0 unspecified atom stereocenters.